The highest BCUT2D eigenvalue weighted by atomic mass is 79.9. The van der Waals surface area contributed by atoms with E-state index in [2.05, 4.69) is 52.5 Å². The van der Waals surface area contributed by atoms with Crippen LogP contribution < -0.4 is 0 Å². The molecule has 86 valence electrons. The third-order valence-corrected chi connectivity index (χ3v) is 3.27. The van der Waals surface area contributed by atoms with Crippen LogP contribution in [0.3, 0.4) is 0 Å². The summed E-state index contributed by atoms with van der Waals surface area (Å²) < 4.78 is 3.25. The molecule has 3 heteroatoms. The number of halogens is 1. The SMILES string of the molecule is CC(O)c1cc2cc(Br)ccc2n1C(C)C. The summed E-state index contributed by atoms with van der Waals surface area (Å²) >= 11 is 3.47. The van der Waals surface area contributed by atoms with Crippen molar-refractivity contribution in [2.24, 2.45) is 0 Å². The van der Waals surface area contributed by atoms with Crippen LogP contribution in [0.25, 0.3) is 10.9 Å². The molecule has 1 unspecified atom stereocenters. The van der Waals surface area contributed by atoms with Gasteiger partial charge in [0.05, 0.1) is 6.10 Å². The van der Waals surface area contributed by atoms with Gasteiger partial charge in [-0.05, 0) is 45.0 Å². The van der Waals surface area contributed by atoms with E-state index in [9.17, 15) is 5.11 Å². The van der Waals surface area contributed by atoms with Crippen LogP contribution in [0, 0.1) is 0 Å². The van der Waals surface area contributed by atoms with Gasteiger partial charge in [0.15, 0.2) is 0 Å². The van der Waals surface area contributed by atoms with E-state index in [1.54, 1.807) is 0 Å². The molecule has 0 saturated carbocycles. The molecule has 0 bridgehead atoms. The predicted molar refractivity (Wildman–Crippen MR) is 70.7 cm³/mol. The van der Waals surface area contributed by atoms with Crippen LogP contribution >= 0.6 is 15.9 Å². The smallest absolute Gasteiger partial charge is 0.0912 e. The zero-order chi connectivity index (χ0) is 11.9. The average molecular weight is 282 g/mol. The lowest BCUT2D eigenvalue weighted by molar-refractivity contribution is 0.188. The third-order valence-electron chi connectivity index (χ3n) is 2.78. The predicted octanol–water partition coefficient (Wildman–Crippen LogP) is 4.04. The maximum absolute atomic E-state index is 9.79. The lowest BCUT2D eigenvalue weighted by atomic mass is 10.2. The van der Waals surface area contributed by atoms with Gasteiger partial charge in [0, 0.05) is 27.1 Å². The minimum absolute atomic E-state index is 0.350. The molecule has 0 aliphatic heterocycles. The number of aliphatic hydroxyl groups excluding tert-OH is 1. The van der Waals surface area contributed by atoms with Crippen LogP contribution in [0.15, 0.2) is 28.7 Å². The molecule has 1 atom stereocenters. The van der Waals surface area contributed by atoms with E-state index in [-0.39, 0.29) is 0 Å². The first-order valence-electron chi connectivity index (χ1n) is 5.49. The Labute approximate surface area is 104 Å². The number of aliphatic hydroxyl groups is 1. The van der Waals surface area contributed by atoms with E-state index in [1.165, 1.54) is 10.9 Å². The topological polar surface area (TPSA) is 25.2 Å². The lowest BCUT2D eigenvalue weighted by Crippen LogP contribution is -2.07. The molecular weight excluding hydrogens is 266 g/mol. The van der Waals surface area contributed by atoms with Crippen molar-refractivity contribution in [2.75, 3.05) is 0 Å². The van der Waals surface area contributed by atoms with Crippen molar-refractivity contribution in [3.05, 3.63) is 34.4 Å². The summed E-state index contributed by atoms with van der Waals surface area (Å²) in [6.45, 7) is 6.07. The van der Waals surface area contributed by atoms with Crippen LogP contribution in [-0.4, -0.2) is 9.67 Å². The summed E-state index contributed by atoms with van der Waals surface area (Å²) in [6.07, 6.45) is -0.437. The molecule has 2 rings (SSSR count). The number of benzene rings is 1. The molecule has 2 aromatic rings. The van der Waals surface area contributed by atoms with Crippen LogP contribution in [0.2, 0.25) is 0 Å². The van der Waals surface area contributed by atoms with Gasteiger partial charge in [-0.25, -0.2) is 0 Å². The molecule has 0 radical (unpaired) electrons. The molecule has 1 heterocycles. The number of rotatable bonds is 2. The van der Waals surface area contributed by atoms with E-state index < -0.39 is 6.10 Å². The fourth-order valence-electron chi connectivity index (χ4n) is 2.13. The second kappa shape index (κ2) is 4.22. The van der Waals surface area contributed by atoms with E-state index in [0.717, 1.165) is 10.2 Å². The first-order chi connectivity index (χ1) is 7.50. The van der Waals surface area contributed by atoms with Gasteiger partial charge in [-0.1, -0.05) is 15.9 Å². The van der Waals surface area contributed by atoms with Gasteiger partial charge in [-0.15, -0.1) is 0 Å². The Morgan fingerprint density at radius 2 is 1.88 bits per heavy atom. The summed E-state index contributed by atoms with van der Waals surface area (Å²) in [4.78, 5) is 0. The second-order valence-electron chi connectivity index (χ2n) is 4.41. The molecule has 0 aliphatic carbocycles. The molecule has 0 spiro atoms. The minimum atomic E-state index is -0.437. The zero-order valence-electron chi connectivity index (χ0n) is 9.74. The fourth-order valence-corrected chi connectivity index (χ4v) is 2.51. The summed E-state index contributed by atoms with van der Waals surface area (Å²) in [6, 6.07) is 8.62. The average Bonchev–Trinajstić information content (AvgIpc) is 2.55. The molecule has 0 fully saturated rings. The molecule has 16 heavy (non-hydrogen) atoms. The van der Waals surface area contributed by atoms with Crippen LogP contribution in [0.5, 0.6) is 0 Å². The van der Waals surface area contributed by atoms with E-state index in [4.69, 9.17) is 0 Å². The molecule has 1 aromatic carbocycles. The van der Waals surface area contributed by atoms with Gasteiger partial charge in [-0.2, -0.15) is 0 Å². The molecule has 1 N–H and O–H groups in total. The highest BCUT2D eigenvalue weighted by Gasteiger charge is 2.14. The van der Waals surface area contributed by atoms with E-state index in [1.807, 2.05) is 13.0 Å². The Morgan fingerprint density at radius 3 is 2.44 bits per heavy atom. The van der Waals surface area contributed by atoms with Gasteiger partial charge in [0.1, 0.15) is 0 Å². The van der Waals surface area contributed by atoms with E-state index >= 15 is 0 Å². The Kier molecular flexibility index (Phi) is 3.08. The normalized spacial score (nSPS) is 13.6. The monoisotopic (exact) mass is 281 g/mol. The van der Waals surface area contributed by atoms with Crippen molar-refractivity contribution in [2.45, 2.75) is 32.9 Å². The number of fused-ring (bicyclic) bond motifs is 1. The summed E-state index contributed by atoms with van der Waals surface area (Å²) in [5.74, 6) is 0. The largest absolute Gasteiger partial charge is 0.387 e. The second-order valence-corrected chi connectivity index (χ2v) is 5.33. The van der Waals surface area contributed by atoms with Gasteiger partial charge < -0.3 is 9.67 Å². The van der Waals surface area contributed by atoms with E-state index in [0.29, 0.717) is 6.04 Å². The molecule has 0 saturated heterocycles. The summed E-state index contributed by atoms with van der Waals surface area (Å²) in [7, 11) is 0. The van der Waals surface area contributed by atoms with Crippen molar-refractivity contribution in [1.29, 1.82) is 0 Å². The van der Waals surface area contributed by atoms with Crippen LogP contribution in [0.1, 0.15) is 38.6 Å². The number of hydrogen-bond acceptors (Lipinski definition) is 1. The molecular formula is C13H16BrNO. The number of hydrogen-bond donors (Lipinski definition) is 1. The van der Waals surface area contributed by atoms with Crippen LogP contribution in [-0.2, 0) is 0 Å². The first kappa shape index (κ1) is 11.7. The Balaban J connectivity index is 2.75. The highest BCUT2D eigenvalue weighted by molar-refractivity contribution is 9.10. The summed E-state index contributed by atoms with van der Waals surface area (Å²) in [5.41, 5.74) is 2.15. The molecule has 1 aromatic heterocycles. The van der Waals surface area contributed by atoms with Crippen molar-refractivity contribution in [3.63, 3.8) is 0 Å². The first-order valence-corrected chi connectivity index (χ1v) is 6.28. The maximum atomic E-state index is 9.79. The minimum Gasteiger partial charge on any atom is -0.387 e. The van der Waals surface area contributed by atoms with Crippen molar-refractivity contribution < 1.29 is 5.11 Å². The van der Waals surface area contributed by atoms with Crippen LogP contribution in [0.4, 0.5) is 0 Å². The quantitative estimate of drug-likeness (QED) is 0.883. The van der Waals surface area contributed by atoms with Gasteiger partial charge in [0.2, 0.25) is 0 Å². The Hall–Kier alpha value is -0.800. The van der Waals surface area contributed by atoms with Gasteiger partial charge >= 0.3 is 0 Å². The van der Waals surface area contributed by atoms with Crippen molar-refractivity contribution in [1.82, 2.24) is 4.57 Å². The number of nitrogens with zero attached hydrogens (tertiary/aromatic N) is 1. The Bertz CT molecular complexity index is 514. The molecule has 0 amide bonds. The summed E-state index contributed by atoms with van der Waals surface area (Å²) in [5, 5.41) is 11.0. The third kappa shape index (κ3) is 1.89. The molecule has 2 nitrogen and oxygen atoms in total. The maximum Gasteiger partial charge on any atom is 0.0912 e. The Morgan fingerprint density at radius 1 is 1.19 bits per heavy atom. The van der Waals surface area contributed by atoms with Gasteiger partial charge in [-0.3, -0.25) is 0 Å². The number of aromatic nitrogens is 1. The highest BCUT2D eigenvalue weighted by Crippen LogP contribution is 2.29. The fraction of sp³-hybridized carbons (Fsp3) is 0.385. The molecule has 0 aliphatic rings. The standard InChI is InChI=1S/C13H16BrNO/c1-8(2)15-12-5-4-11(14)6-10(12)7-13(15)9(3)16/h4-9,16H,1-3H3. The van der Waals surface area contributed by atoms with Crippen molar-refractivity contribution >= 4 is 26.8 Å². The lowest BCUT2D eigenvalue weighted by Gasteiger charge is -2.16. The van der Waals surface area contributed by atoms with Crippen molar-refractivity contribution in [3.8, 4) is 0 Å². The van der Waals surface area contributed by atoms with Gasteiger partial charge in [0.25, 0.3) is 0 Å². The zero-order valence-corrected chi connectivity index (χ0v) is 11.3.